The van der Waals surface area contributed by atoms with Gasteiger partial charge in [0, 0.05) is 11.6 Å². The summed E-state index contributed by atoms with van der Waals surface area (Å²) in [6.45, 7) is 1.48. The number of halogens is 1. The number of nitrogens with zero attached hydrogens (tertiary/aromatic N) is 1. The molecule has 2 aromatic carbocycles. The molecule has 0 amide bonds. The fourth-order valence-electron chi connectivity index (χ4n) is 1.59. The molecule has 2 rings (SSSR count). The van der Waals surface area contributed by atoms with Crippen molar-refractivity contribution in [2.24, 2.45) is 0 Å². The Morgan fingerprint density at radius 1 is 1.25 bits per heavy atom. The molecule has 0 aliphatic heterocycles. The van der Waals surface area contributed by atoms with Crippen LogP contribution in [0.25, 0.3) is 0 Å². The molecular formula is C14H10BrNO4. The first kappa shape index (κ1) is 14.2. The second-order valence-corrected chi connectivity index (χ2v) is 4.91. The minimum absolute atomic E-state index is 0.0426. The highest BCUT2D eigenvalue weighted by Crippen LogP contribution is 2.31. The summed E-state index contributed by atoms with van der Waals surface area (Å²) in [5.41, 5.74) is 0.516. The van der Waals surface area contributed by atoms with Crippen LogP contribution in [0.1, 0.15) is 17.3 Å². The van der Waals surface area contributed by atoms with Crippen LogP contribution < -0.4 is 4.74 Å². The zero-order valence-electron chi connectivity index (χ0n) is 10.5. The van der Waals surface area contributed by atoms with Crippen molar-refractivity contribution >= 4 is 27.4 Å². The van der Waals surface area contributed by atoms with Crippen LogP contribution in [0.5, 0.6) is 11.5 Å². The molecule has 0 aromatic heterocycles. The van der Waals surface area contributed by atoms with Crippen LogP contribution in [0.4, 0.5) is 5.69 Å². The zero-order chi connectivity index (χ0) is 14.7. The molecular weight excluding hydrogens is 326 g/mol. The van der Waals surface area contributed by atoms with Gasteiger partial charge in [0.05, 0.1) is 15.5 Å². The number of ether oxygens (including phenoxy) is 1. The van der Waals surface area contributed by atoms with Crippen molar-refractivity contribution in [3.8, 4) is 11.5 Å². The van der Waals surface area contributed by atoms with E-state index in [1.807, 2.05) is 0 Å². The molecule has 2 aromatic rings. The maximum Gasteiger partial charge on any atom is 0.273 e. The van der Waals surface area contributed by atoms with E-state index in [2.05, 4.69) is 15.9 Å². The number of ketones is 1. The molecule has 0 atom stereocenters. The third-order valence-electron chi connectivity index (χ3n) is 2.59. The molecule has 0 fully saturated rings. The highest BCUT2D eigenvalue weighted by Gasteiger charge is 2.10. The predicted molar refractivity (Wildman–Crippen MR) is 77.3 cm³/mol. The summed E-state index contributed by atoms with van der Waals surface area (Å²) < 4.78 is 6.18. The molecule has 0 aliphatic rings. The molecule has 0 saturated carbocycles. The molecule has 20 heavy (non-hydrogen) atoms. The van der Waals surface area contributed by atoms with Crippen molar-refractivity contribution in [3.05, 3.63) is 62.6 Å². The number of non-ortho nitro benzene ring substituents is 1. The lowest BCUT2D eigenvalue weighted by Gasteiger charge is -2.08. The number of carbonyl (C=O) groups excluding carboxylic acids is 1. The normalized spacial score (nSPS) is 10.1. The van der Waals surface area contributed by atoms with Gasteiger partial charge in [0.15, 0.2) is 5.78 Å². The fourth-order valence-corrected chi connectivity index (χ4v) is 2.05. The van der Waals surface area contributed by atoms with Crippen LogP contribution in [-0.2, 0) is 0 Å². The van der Waals surface area contributed by atoms with Gasteiger partial charge in [-0.25, -0.2) is 0 Å². The van der Waals surface area contributed by atoms with Gasteiger partial charge in [0.1, 0.15) is 11.5 Å². The fraction of sp³-hybridized carbons (Fsp3) is 0.0714. The van der Waals surface area contributed by atoms with Gasteiger partial charge >= 0.3 is 0 Å². The van der Waals surface area contributed by atoms with E-state index in [0.29, 0.717) is 21.5 Å². The molecule has 0 unspecified atom stereocenters. The molecule has 0 N–H and O–H groups in total. The standard InChI is InChI=1S/C14H10BrNO4/c1-9(17)10-5-6-14(13(15)7-10)20-12-4-2-3-11(8-12)16(18)19/h2-8H,1H3. The van der Waals surface area contributed by atoms with Crippen LogP contribution in [0.15, 0.2) is 46.9 Å². The molecule has 0 bridgehead atoms. The predicted octanol–water partition coefficient (Wildman–Crippen LogP) is 4.35. The van der Waals surface area contributed by atoms with E-state index in [1.54, 1.807) is 30.3 Å². The molecule has 6 heteroatoms. The monoisotopic (exact) mass is 335 g/mol. The summed E-state index contributed by atoms with van der Waals surface area (Å²) in [6.07, 6.45) is 0. The molecule has 0 radical (unpaired) electrons. The summed E-state index contributed by atoms with van der Waals surface area (Å²) in [7, 11) is 0. The smallest absolute Gasteiger partial charge is 0.273 e. The average molecular weight is 336 g/mol. The van der Waals surface area contributed by atoms with Gasteiger partial charge in [0.25, 0.3) is 5.69 Å². The number of benzene rings is 2. The van der Waals surface area contributed by atoms with Crippen molar-refractivity contribution in [2.45, 2.75) is 6.92 Å². The largest absolute Gasteiger partial charge is 0.456 e. The minimum Gasteiger partial charge on any atom is -0.456 e. The Labute approximate surface area is 123 Å². The highest BCUT2D eigenvalue weighted by molar-refractivity contribution is 9.10. The van der Waals surface area contributed by atoms with Crippen molar-refractivity contribution in [2.75, 3.05) is 0 Å². The maximum absolute atomic E-state index is 11.3. The van der Waals surface area contributed by atoms with Crippen molar-refractivity contribution in [1.29, 1.82) is 0 Å². The Kier molecular flexibility index (Phi) is 4.14. The number of carbonyl (C=O) groups is 1. The van der Waals surface area contributed by atoms with Crippen LogP contribution in [0.2, 0.25) is 0 Å². The van der Waals surface area contributed by atoms with E-state index in [9.17, 15) is 14.9 Å². The quantitative estimate of drug-likeness (QED) is 0.473. The van der Waals surface area contributed by atoms with E-state index in [-0.39, 0.29) is 11.5 Å². The summed E-state index contributed by atoms with van der Waals surface area (Å²) in [6, 6.07) is 10.8. The first-order valence-corrected chi connectivity index (χ1v) is 6.49. The SMILES string of the molecule is CC(=O)c1ccc(Oc2cccc([N+](=O)[O-])c2)c(Br)c1. The van der Waals surface area contributed by atoms with Crippen LogP contribution in [0.3, 0.4) is 0 Å². The minimum atomic E-state index is -0.485. The third-order valence-corrected chi connectivity index (χ3v) is 3.21. The first-order chi connectivity index (χ1) is 9.47. The summed E-state index contributed by atoms with van der Waals surface area (Å²) in [5, 5.41) is 10.7. The summed E-state index contributed by atoms with van der Waals surface area (Å²) >= 11 is 3.31. The second kappa shape index (κ2) is 5.83. The molecule has 0 heterocycles. The zero-order valence-corrected chi connectivity index (χ0v) is 12.1. The van der Waals surface area contributed by atoms with Crippen molar-refractivity contribution in [3.63, 3.8) is 0 Å². The van der Waals surface area contributed by atoms with E-state index in [4.69, 9.17) is 4.74 Å². The molecule has 0 spiro atoms. The lowest BCUT2D eigenvalue weighted by Crippen LogP contribution is -1.93. The number of hydrogen-bond acceptors (Lipinski definition) is 4. The van der Waals surface area contributed by atoms with Gasteiger partial charge in [-0.1, -0.05) is 6.07 Å². The lowest BCUT2D eigenvalue weighted by atomic mass is 10.1. The second-order valence-electron chi connectivity index (χ2n) is 4.06. The summed E-state index contributed by atoms with van der Waals surface area (Å²) in [5.74, 6) is 0.790. The molecule has 5 nitrogen and oxygen atoms in total. The Morgan fingerprint density at radius 3 is 2.60 bits per heavy atom. The lowest BCUT2D eigenvalue weighted by molar-refractivity contribution is -0.384. The molecule has 0 saturated heterocycles. The van der Waals surface area contributed by atoms with E-state index < -0.39 is 4.92 Å². The van der Waals surface area contributed by atoms with Gasteiger partial charge in [-0.05, 0) is 47.1 Å². The Balaban J connectivity index is 2.28. The number of nitro groups is 1. The van der Waals surface area contributed by atoms with Crippen LogP contribution in [-0.4, -0.2) is 10.7 Å². The van der Waals surface area contributed by atoms with Gasteiger partial charge in [-0.15, -0.1) is 0 Å². The van der Waals surface area contributed by atoms with Crippen molar-refractivity contribution < 1.29 is 14.5 Å². The average Bonchev–Trinajstić information content (AvgIpc) is 2.41. The Hall–Kier alpha value is -2.21. The van der Waals surface area contributed by atoms with Gasteiger partial charge < -0.3 is 4.74 Å². The van der Waals surface area contributed by atoms with Crippen LogP contribution >= 0.6 is 15.9 Å². The first-order valence-electron chi connectivity index (χ1n) is 5.70. The number of rotatable bonds is 4. The summed E-state index contributed by atoms with van der Waals surface area (Å²) in [4.78, 5) is 21.5. The van der Waals surface area contributed by atoms with E-state index in [0.717, 1.165) is 0 Å². The van der Waals surface area contributed by atoms with Crippen LogP contribution in [0, 0.1) is 10.1 Å². The van der Waals surface area contributed by atoms with E-state index >= 15 is 0 Å². The van der Waals surface area contributed by atoms with Gasteiger partial charge in [-0.3, -0.25) is 14.9 Å². The topological polar surface area (TPSA) is 69.4 Å². The number of nitro benzene ring substituents is 1. The number of hydrogen-bond donors (Lipinski definition) is 0. The molecule has 102 valence electrons. The Bertz CT molecular complexity index is 685. The van der Waals surface area contributed by atoms with Gasteiger partial charge in [-0.2, -0.15) is 0 Å². The highest BCUT2D eigenvalue weighted by atomic mass is 79.9. The third kappa shape index (κ3) is 3.21. The van der Waals surface area contributed by atoms with Crippen molar-refractivity contribution in [1.82, 2.24) is 0 Å². The van der Waals surface area contributed by atoms with E-state index in [1.165, 1.54) is 19.1 Å². The molecule has 0 aliphatic carbocycles. The number of Topliss-reactive ketones (excluding diaryl/α,β-unsaturated/α-hetero) is 1. The maximum atomic E-state index is 11.3. The Morgan fingerprint density at radius 2 is 2.00 bits per heavy atom. The van der Waals surface area contributed by atoms with Gasteiger partial charge in [0.2, 0.25) is 0 Å².